The Morgan fingerprint density at radius 3 is 3.07 bits per heavy atom. The van der Waals surface area contributed by atoms with Gasteiger partial charge in [0.25, 0.3) is 0 Å². The van der Waals surface area contributed by atoms with Crippen LogP contribution in [-0.4, -0.2) is 0 Å². The molecule has 0 atom stereocenters. The quantitative estimate of drug-likeness (QED) is 0.623. The van der Waals surface area contributed by atoms with Crippen LogP contribution in [0.4, 0.5) is 0 Å². The number of fused-ring (bicyclic) bond motifs is 1. The molecule has 0 saturated carbocycles. The largest absolute Gasteiger partial charge is 0.198 e. The molecule has 0 aliphatic carbocycles. The van der Waals surface area contributed by atoms with Crippen LogP contribution in [0.15, 0.2) is 22.4 Å². The summed E-state index contributed by atoms with van der Waals surface area (Å²) < 4.78 is 2.38. The highest BCUT2D eigenvalue weighted by atomic mass is 127. The first-order valence-electron chi connectivity index (χ1n) is 3.98. The van der Waals surface area contributed by atoms with Gasteiger partial charge >= 0.3 is 0 Å². The van der Waals surface area contributed by atoms with Crippen molar-refractivity contribution >= 4 is 56.6 Å². The number of thiophene rings is 1. The van der Waals surface area contributed by atoms with Gasteiger partial charge in [0.1, 0.15) is 0 Å². The lowest BCUT2D eigenvalue weighted by atomic mass is 10.1. The highest BCUT2D eigenvalue weighted by Crippen LogP contribution is 2.33. The zero-order chi connectivity index (χ0) is 10.1. The first-order chi connectivity index (χ1) is 6.74. The Morgan fingerprint density at radius 1 is 1.57 bits per heavy atom. The molecule has 1 heterocycles. The summed E-state index contributed by atoms with van der Waals surface area (Å²) in [5.74, 6) is 0. The number of hydrogen-bond acceptors (Lipinski definition) is 3. The molecule has 14 heavy (non-hydrogen) atoms. The summed E-state index contributed by atoms with van der Waals surface area (Å²) >= 11 is 8.43. The number of rotatable bonds is 1. The highest BCUT2D eigenvalue weighted by molar-refractivity contribution is 14.1. The molecule has 0 amide bonds. The first-order valence-corrected chi connectivity index (χ1v) is 6.39. The monoisotopic (exact) mass is 331 g/mol. The standard InChI is InChI=1S/C10H6INS2/c11-9-7-2-4-14-8(7)5-6(1-3-12)10(9)13/h2,4-5,13H,1H2. The van der Waals surface area contributed by atoms with Gasteiger partial charge in [-0.1, -0.05) is 0 Å². The summed E-state index contributed by atoms with van der Waals surface area (Å²) in [6, 6.07) is 6.32. The minimum Gasteiger partial charge on any atom is -0.198 e. The van der Waals surface area contributed by atoms with E-state index in [2.05, 4.69) is 58.8 Å². The Balaban J connectivity index is 2.75. The van der Waals surface area contributed by atoms with Crippen molar-refractivity contribution in [1.82, 2.24) is 0 Å². The van der Waals surface area contributed by atoms with E-state index in [4.69, 9.17) is 5.26 Å². The Kier molecular flexibility index (Phi) is 3.00. The fourth-order valence-electron chi connectivity index (χ4n) is 1.33. The maximum Gasteiger partial charge on any atom is 0.0670 e. The topological polar surface area (TPSA) is 23.8 Å². The molecule has 0 unspecified atom stereocenters. The molecule has 0 N–H and O–H groups in total. The third-order valence-electron chi connectivity index (χ3n) is 2.02. The molecule has 0 fully saturated rings. The van der Waals surface area contributed by atoms with Crippen LogP contribution in [0.5, 0.6) is 0 Å². The third kappa shape index (κ3) is 1.64. The Labute approximate surface area is 105 Å². The van der Waals surface area contributed by atoms with Crippen molar-refractivity contribution in [3.05, 3.63) is 26.6 Å². The van der Waals surface area contributed by atoms with Crippen molar-refractivity contribution in [2.45, 2.75) is 11.3 Å². The number of nitrogens with zero attached hydrogens (tertiary/aromatic N) is 1. The lowest BCUT2D eigenvalue weighted by molar-refractivity contribution is 1.19. The number of benzene rings is 1. The van der Waals surface area contributed by atoms with E-state index in [1.54, 1.807) is 11.3 Å². The van der Waals surface area contributed by atoms with E-state index in [9.17, 15) is 0 Å². The molecule has 0 bridgehead atoms. The molecule has 0 spiro atoms. The Hall–Kier alpha value is -0.250. The predicted molar refractivity (Wildman–Crippen MR) is 71.1 cm³/mol. The van der Waals surface area contributed by atoms with Crippen molar-refractivity contribution in [3.8, 4) is 6.07 Å². The Bertz CT molecular complexity index is 525. The summed E-state index contributed by atoms with van der Waals surface area (Å²) in [6.07, 6.45) is 0.433. The molecule has 2 rings (SSSR count). The van der Waals surface area contributed by atoms with Crippen molar-refractivity contribution < 1.29 is 0 Å². The molecule has 0 saturated heterocycles. The number of nitriles is 1. The van der Waals surface area contributed by atoms with E-state index in [-0.39, 0.29) is 0 Å². The summed E-state index contributed by atoms with van der Waals surface area (Å²) in [7, 11) is 0. The van der Waals surface area contributed by atoms with Gasteiger partial charge in [-0.2, -0.15) is 5.26 Å². The van der Waals surface area contributed by atoms with Crippen molar-refractivity contribution in [3.63, 3.8) is 0 Å². The van der Waals surface area contributed by atoms with Gasteiger partial charge in [0.15, 0.2) is 0 Å². The molecule has 2 aromatic rings. The van der Waals surface area contributed by atoms with Gasteiger partial charge in [-0.15, -0.1) is 24.0 Å². The van der Waals surface area contributed by atoms with Crippen LogP contribution in [0, 0.1) is 14.9 Å². The molecule has 70 valence electrons. The fraction of sp³-hybridized carbons (Fsp3) is 0.100. The van der Waals surface area contributed by atoms with Crippen LogP contribution in [0.25, 0.3) is 10.1 Å². The van der Waals surface area contributed by atoms with Crippen molar-refractivity contribution in [2.24, 2.45) is 0 Å². The van der Waals surface area contributed by atoms with Gasteiger partial charge in [-0.05, 0) is 45.7 Å². The van der Waals surface area contributed by atoms with Crippen LogP contribution in [-0.2, 0) is 6.42 Å². The van der Waals surface area contributed by atoms with E-state index >= 15 is 0 Å². The molecule has 1 nitrogen and oxygen atoms in total. The molecule has 0 aliphatic rings. The first kappa shape index (κ1) is 10.3. The van der Waals surface area contributed by atoms with Crippen molar-refractivity contribution in [2.75, 3.05) is 0 Å². The van der Waals surface area contributed by atoms with E-state index < -0.39 is 0 Å². The average Bonchev–Trinajstić information content (AvgIpc) is 2.62. The van der Waals surface area contributed by atoms with Crippen LogP contribution in [0.2, 0.25) is 0 Å². The average molecular weight is 331 g/mol. The zero-order valence-corrected chi connectivity index (χ0v) is 11.0. The van der Waals surface area contributed by atoms with Gasteiger partial charge in [-0.3, -0.25) is 0 Å². The van der Waals surface area contributed by atoms with Gasteiger partial charge in [0, 0.05) is 18.6 Å². The number of thiol groups is 1. The highest BCUT2D eigenvalue weighted by Gasteiger charge is 2.08. The van der Waals surface area contributed by atoms with E-state index in [1.807, 2.05) is 0 Å². The predicted octanol–water partition coefficient (Wildman–Crippen LogP) is 3.86. The van der Waals surface area contributed by atoms with Crippen LogP contribution in [0.1, 0.15) is 5.56 Å². The number of hydrogen-bond donors (Lipinski definition) is 1. The minimum atomic E-state index is 0.433. The van der Waals surface area contributed by atoms with Gasteiger partial charge in [-0.25, -0.2) is 0 Å². The second-order valence-electron chi connectivity index (χ2n) is 2.87. The summed E-state index contributed by atoms with van der Waals surface area (Å²) in [5, 5.41) is 12.0. The molecule has 1 aromatic heterocycles. The third-order valence-corrected chi connectivity index (χ3v) is 4.94. The normalized spacial score (nSPS) is 10.4. The van der Waals surface area contributed by atoms with E-state index in [1.165, 1.54) is 10.1 Å². The van der Waals surface area contributed by atoms with Crippen molar-refractivity contribution in [1.29, 1.82) is 5.26 Å². The maximum atomic E-state index is 8.67. The lowest BCUT2D eigenvalue weighted by Crippen LogP contribution is -1.87. The van der Waals surface area contributed by atoms with Crippen LogP contribution >= 0.6 is 46.6 Å². The van der Waals surface area contributed by atoms with Gasteiger partial charge in [0.2, 0.25) is 0 Å². The zero-order valence-electron chi connectivity index (χ0n) is 7.12. The van der Waals surface area contributed by atoms with Crippen LogP contribution < -0.4 is 0 Å². The maximum absolute atomic E-state index is 8.67. The Morgan fingerprint density at radius 2 is 2.36 bits per heavy atom. The van der Waals surface area contributed by atoms with E-state index in [0.717, 1.165) is 14.0 Å². The minimum absolute atomic E-state index is 0.433. The lowest BCUT2D eigenvalue weighted by Gasteiger charge is -2.04. The molecular formula is C10H6INS2. The molecular weight excluding hydrogens is 325 g/mol. The fourth-order valence-corrected chi connectivity index (χ4v) is 3.45. The SMILES string of the molecule is N#CCc1cc2sccc2c(I)c1S. The van der Waals surface area contributed by atoms with E-state index in [0.29, 0.717) is 6.42 Å². The van der Waals surface area contributed by atoms with Gasteiger partial charge in [0.05, 0.1) is 12.5 Å². The van der Waals surface area contributed by atoms with Crippen LogP contribution in [0.3, 0.4) is 0 Å². The molecule has 1 aromatic carbocycles. The summed E-state index contributed by atoms with van der Waals surface area (Å²) in [5.41, 5.74) is 1.02. The summed E-state index contributed by atoms with van der Waals surface area (Å²) in [6.45, 7) is 0. The molecule has 0 radical (unpaired) electrons. The second-order valence-corrected chi connectivity index (χ2v) is 5.34. The molecule has 0 aliphatic heterocycles. The summed E-state index contributed by atoms with van der Waals surface area (Å²) in [4.78, 5) is 0.943. The number of halogens is 1. The second kappa shape index (κ2) is 4.09. The van der Waals surface area contributed by atoms with Gasteiger partial charge < -0.3 is 0 Å². The smallest absolute Gasteiger partial charge is 0.0670 e. The molecule has 4 heteroatoms.